The van der Waals surface area contributed by atoms with Gasteiger partial charge in [-0.05, 0) is 19.1 Å². The summed E-state index contributed by atoms with van der Waals surface area (Å²) in [6.45, 7) is 2.70. The smallest absolute Gasteiger partial charge is 0.167 e. The normalized spacial score (nSPS) is 10.5. The van der Waals surface area contributed by atoms with Crippen molar-refractivity contribution >= 4 is 11.5 Å². The summed E-state index contributed by atoms with van der Waals surface area (Å²) < 4.78 is 23.9. The van der Waals surface area contributed by atoms with E-state index in [-0.39, 0.29) is 11.6 Å². The number of hydrogen-bond acceptors (Lipinski definition) is 5. The lowest BCUT2D eigenvalue weighted by Crippen LogP contribution is -2.16. The molecule has 0 saturated heterocycles. The predicted molar refractivity (Wildman–Crippen MR) is 70.6 cm³/mol. The third-order valence-corrected chi connectivity index (χ3v) is 2.63. The number of benzene rings is 1. The Labute approximate surface area is 110 Å². The minimum Gasteiger partial charge on any atom is -0.491 e. The van der Waals surface area contributed by atoms with Crippen LogP contribution in [-0.2, 0) is 6.54 Å². The van der Waals surface area contributed by atoms with Gasteiger partial charge in [-0.3, -0.25) is 0 Å². The Morgan fingerprint density at radius 2 is 2.21 bits per heavy atom. The minimum absolute atomic E-state index is 0.253. The first-order valence-corrected chi connectivity index (χ1v) is 5.94. The van der Waals surface area contributed by atoms with Gasteiger partial charge < -0.3 is 19.9 Å². The number of halogens is 1. The predicted octanol–water partition coefficient (Wildman–Crippen LogP) is 2.43. The maximum Gasteiger partial charge on any atom is 0.167 e. The van der Waals surface area contributed by atoms with Gasteiger partial charge in [0, 0.05) is 24.9 Å². The molecule has 1 aromatic carbocycles. The molecule has 0 aliphatic heterocycles. The van der Waals surface area contributed by atoms with Gasteiger partial charge in [0.2, 0.25) is 0 Å². The molecule has 19 heavy (non-hydrogen) atoms. The van der Waals surface area contributed by atoms with Crippen LogP contribution in [0.5, 0.6) is 5.75 Å². The van der Waals surface area contributed by atoms with Gasteiger partial charge in [0.05, 0.1) is 13.2 Å². The van der Waals surface area contributed by atoms with E-state index in [1.54, 1.807) is 18.2 Å². The SMILES string of the molecule is CCOc1ccc(N(C)Cc2cc(N)no2)cc1F. The second-order valence-electron chi connectivity index (χ2n) is 4.12. The van der Waals surface area contributed by atoms with Crippen molar-refractivity contribution in [3.05, 3.63) is 35.8 Å². The highest BCUT2D eigenvalue weighted by atomic mass is 19.1. The van der Waals surface area contributed by atoms with E-state index in [0.717, 1.165) is 5.69 Å². The van der Waals surface area contributed by atoms with E-state index < -0.39 is 0 Å². The molecule has 0 spiro atoms. The van der Waals surface area contributed by atoms with Crippen LogP contribution < -0.4 is 15.4 Å². The number of aromatic nitrogens is 1. The van der Waals surface area contributed by atoms with Crippen LogP contribution in [0.4, 0.5) is 15.9 Å². The van der Waals surface area contributed by atoms with Crippen molar-refractivity contribution in [2.45, 2.75) is 13.5 Å². The topological polar surface area (TPSA) is 64.5 Å². The molecule has 0 saturated carbocycles. The second-order valence-corrected chi connectivity index (χ2v) is 4.12. The summed E-state index contributed by atoms with van der Waals surface area (Å²) in [6.07, 6.45) is 0. The Morgan fingerprint density at radius 1 is 1.42 bits per heavy atom. The molecule has 1 heterocycles. The first kappa shape index (κ1) is 13.2. The first-order chi connectivity index (χ1) is 9.10. The van der Waals surface area contributed by atoms with Gasteiger partial charge in [0.1, 0.15) is 0 Å². The summed E-state index contributed by atoms with van der Waals surface area (Å²) in [5, 5.41) is 3.60. The number of rotatable bonds is 5. The van der Waals surface area contributed by atoms with Gasteiger partial charge in [-0.15, -0.1) is 0 Å². The summed E-state index contributed by atoms with van der Waals surface area (Å²) in [5.74, 6) is 0.822. The highest BCUT2D eigenvalue weighted by Gasteiger charge is 2.10. The molecule has 102 valence electrons. The second kappa shape index (κ2) is 5.60. The average molecular weight is 265 g/mol. The zero-order valence-electron chi connectivity index (χ0n) is 10.9. The van der Waals surface area contributed by atoms with E-state index in [9.17, 15) is 4.39 Å². The molecule has 0 atom stereocenters. The van der Waals surface area contributed by atoms with E-state index in [1.165, 1.54) is 6.07 Å². The Hall–Kier alpha value is -2.24. The number of hydrogen-bond donors (Lipinski definition) is 1. The first-order valence-electron chi connectivity index (χ1n) is 5.94. The quantitative estimate of drug-likeness (QED) is 0.899. The number of anilines is 2. The van der Waals surface area contributed by atoms with E-state index in [2.05, 4.69) is 5.16 Å². The molecule has 0 aliphatic carbocycles. The van der Waals surface area contributed by atoms with Crippen molar-refractivity contribution < 1.29 is 13.7 Å². The van der Waals surface area contributed by atoms with Crippen LogP contribution in [0.2, 0.25) is 0 Å². The summed E-state index contributed by atoms with van der Waals surface area (Å²) in [5.41, 5.74) is 6.19. The Balaban J connectivity index is 2.10. The Kier molecular flexibility index (Phi) is 3.89. The number of nitrogens with two attached hydrogens (primary N) is 1. The summed E-state index contributed by atoms with van der Waals surface area (Å²) in [7, 11) is 1.83. The van der Waals surface area contributed by atoms with Crippen molar-refractivity contribution in [3.63, 3.8) is 0 Å². The van der Waals surface area contributed by atoms with E-state index in [0.29, 0.717) is 24.7 Å². The fourth-order valence-electron chi connectivity index (χ4n) is 1.73. The average Bonchev–Trinajstić information content (AvgIpc) is 2.77. The van der Waals surface area contributed by atoms with Crippen LogP contribution in [0.15, 0.2) is 28.8 Å². The molecule has 0 radical (unpaired) electrons. The van der Waals surface area contributed by atoms with Crippen molar-refractivity contribution in [1.82, 2.24) is 5.16 Å². The Morgan fingerprint density at radius 3 is 2.79 bits per heavy atom. The van der Waals surface area contributed by atoms with E-state index >= 15 is 0 Å². The maximum absolute atomic E-state index is 13.7. The molecule has 0 amide bonds. The zero-order valence-corrected chi connectivity index (χ0v) is 10.9. The number of ether oxygens (including phenoxy) is 1. The highest BCUT2D eigenvalue weighted by molar-refractivity contribution is 5.49. The molecule has 6 heteroatoms. The molecule has 2 rings (SSSR count). The van der Waals surface area contributed by atoms with Crippen LogP contribution in [0.3, 0.4) is 0 Å². The molecule has 0 aliphatic rings. The Bertz CT molecular complexity index is 557. The van der Waals surface area contributed by atoms with Crippen LogP contribution in [0, 0.1) is 5.82 Å². The number of nitrogen functional groups attached to an aromatic ring is 1. The number of nitrogens with zero attached hydrogens (tertiary/aromatic N) is 2. The van der Waals surface area contributed by atoms with E-state index in [1.807, 2.05) is 18.9 Å². The van der Waals surface area contributed by atoms with Gasteiger partial charge in [-0.1, -0.05) is 5.16 Å². The van der Waals surface area contributed by atoms with Gasteiger partial charge in [0.25, 0.3) is 0 Å². The van der Waals surface area contributed by atoms with Crippen molar-refractivity contribution in [2.24, 2.45) is 0 Å². The summed E-state index contributed by atoms with van der Waals surface area (Å²) in [4.78, 5) is 1.83. The molecule has 0 bridgehead atoms. The fraction of sp³-hybridized carbons (Fsp3) is 0.308. The maximum atomic E-state index is 13.7. The highest BCUT2D eigenvalue weighted by Crippen LogP contribution is 2.24. The zero-order chi connectivity index (χ0) is 13.8. The van der Waals surface area contributed by atoms with Gasteiger partial charge in [-0.2, -0.15) is 0 Å². The van der Waals surface area contributed by atoms with Crippen LogP contribution >= 0.6 is 0 Å². The lowest BCUT2D eigenvalue weighted by atomic mass is 10.2. The molecule has 1 aromatic heterocycles. The van der Waals surface area contributed by atoms with E-state index in [4.69, 9.17) is 15.0 Å². The molecule has 2 aromatic rings. The van der Waals surface area contributed by atoms with Gasteiger partial charge in [0.15, 0.2) is 23.1 Å². The largest absolute Gasteiger partial charge is 0.491 e. The molecule has 5 nitrogen and oxygen atoms in total. The van der Waals surface area contributed by atoms with Crippen molar-refractivity contribution in [2.75, 3.05) is 24.3 Å². The summed E-state index contributed by atoms with van der Waals surface area (Å²) >= 11 is 0. The molecular weight excluding hydrogens is 249 g/mol. The fourth-order valence-corrected chi connectivity index (χ4v) is 1.73. The lowest BCUT2D eigenvalue weighted by molar-refractivity contribution is 0.321. The molecule has 2 N–H and O–H groups in total. The standard InChI is InChI=1S/C13H16FN3O2/c1-3-18-12-5-4-9(6-11(12)14)17(2)8-10-7-13(15)16-19-10/h4-7H,3,8H2,1-2H3,(H2,15,16). The lowest BCUT2D eigenvalue weighted by Gasteiger charge is -2.18. The summed E-state index contributed by atoms with van der Waals surface area (Å²) in [6, 6.07) is 6.46. The third kappa shape index (κ3) is 3.15. The monoisotopic (exact) mass is 265 g/mol. The van der Waals surface area contributed by atoms with Crippen molar-refractivity contribution in [1.29, 1.82) is 0 Å². The molecular formula is C13H16FN3O2. The van der Waals surface area contributed by atoms with Crippen LogP contribution in [0.25, 0.3) is 0 Å². The molecule has 0 unspecified atom stereocenters. The minimum atomic E-state index is -0.386. The third-order valence-electron chi connectivity index (χ3n) is 2.63. The van der Waals surface area contributed by atoms with Crippen LogP contribution in [0.1, 0.15) is 12.7 Å². The van der Waals surface area contributed by atoms with Gasteiger partial charge >= 0.3 is 0 Å². The van der Waals surface area contributed by atoms with Crippen LogP contribution in [-0.4, -0.2) is 18.8 Å². The van der Waals surface area contributed by atoms with Crippen molar-refractivity contribution in [3.8, 4) is 5.75 Å². The molecule has 0 fully saturated rings. The van der Waals surface area contributed by atoms with Gasteiger partial charge in [-0.25, -0.2) is 4.39 Å².